The van der Waals surface area contributed by atoms with Gasteiger partial charge in [0.2, 0.25) is 6.41 Å². The Hall–Kier alpha value is -2.30. The third-order valence-electron chi connectivity index (χ3n) is 3.44. The largest absolute Gasteiger partial charge is 0.479 e. The molecule has 1 aromatic carbocycles. The number of para-hydroxylation sites is 1. The zero-order chi connectivity index (χ0) is 12.7. The smallest absolute Gasteiger partial charge is 0.332 e. The number of carboxylic acid groups (broad SMARTS) is 1. The monoisotopic (exact) mass is 244 g/mol. The number of carbonyl (C=O) groups is 2. The first-order valence-corrected chi connectivity index (χ1v) is 5.75. The molecule has 2 N–H and O–H groups in total. The topological polar surface area (TPSA) is 73.4 Å². The predicted octanol–water partition coefficient (Wildman–Crippen LogP) is 1.31. The second-order valence-electron chi connectivity index (χ2n) is 4.40. The van der Waals surface area contributed by atoms with Gasteiger partial charge in [0.1, 0.15) is 0 Å². The zero-order valence-electron chi connectivity index (χ0n) is 9.59. The van der Waals surface area contributed by atoms with E-state index in [4.69, 9.17) is 0 Å². The Labute approximate surface area is 103 Å². The average Bonchev–Trinajstić information content (AvgIpc) is 2.75. The van der Waals surface area contributed by atoms with Crippen LogP contribution in [0.5, 0.6) is 0 Å². The molecule has 18 heavy (non-hydrogen) atoms. The van der Waals surface area contributed by atoms with Gasteiger partial charge in [0.15, 0.2) is 6.04 Å². The number of nitrogens with zero attached hydrogens (tertiary/aromatic N) is 1. The maximum absolute atomic E-state index is 11.3. The number of nitrogens with one attached hydrogen (secondary N) is 1. The van der Waals surface area contributed by atoms with Crippen molar-refractivity contribution in [1.29, 1.82) is 0 Å². The van der Waals surface area contributed by atoms with Crippen LogP contribution in [0, 0.1) is 0 Å². The highest BCUT2D eigenvalue weighted by atomic mass is 16.4. The zero-order valence-corrected chi connectivity index (χ0v) is 9.59. The van der Waals surface area contributed by atoms with E-state index < -0.39 is 12.0 Å². The van der Waals surface area contributed by atoms with Gasteiger partial charge >= 0.3 is 5.97 Å². The molecular weight excluding hydrogens is 232 g/mol. The minimum absolute atomic E-state index is 0.440. The summed E-state index contributed by atoms with van der Waals surface area (Å²) in [7, 11) is 0. The lowest BCUT2D eigenvalue weighted by Crippen LogP contribution is -2.38. The summed E-state index contributed by atoms with van der Waals surface area (Å²) in [6.45, 7) is 0.440. The first-order valence-electron chi connectivity index (χ1n) is 5.75. The van der Waals surface area contributed by atoms with E-state index in [0.717, 1.165) is 16.5 Å². The SMILES string of the molecule is O=CN1CCc2c([nH]c3ccccc23)C1C(=O)O. The summed E-state index contributed by atoms with van der Waals surface area (Å²) in [4.78, 5) is 26.7. The molecule has 1 aliphatic rings. The summed E-state index contributed by atoms with van der Waals surface area (Å²) in [5.74, 6) is -1.00. The summed E-state index contributed by atoms with van der Waals surface area (Å²) in [6, 6.07) is 6.81. The van der Waals surface area contributed by atoms with Gasteiger partial charge in [-0.1, -0.05) is 18.2 Å². The number of carboxylic acids is 1. The van der Waals surface area contributed by atoms with Gasteiger partial charge in [0.25, 0.3) is 0 Å². The standard InChI is InChI=1S/C13H12N2O3/c16-7-15-6-5-9-8-3-1-2-4-10(8)14-11(9)12(15)13(17)18/h1-4,7,12,14H,5-6H2,(H,17,18). The van der Waals surface area contributed by atoms with Crippen LogP contribution < -0.4 is 0 Å². The van der Waals surface area contributed by atoms with Gasteiger partial charge in [-0.05, 0) is 18.1 Å². The van der Waals surface area contributed by atoms with Crippen molar-refractivity contribution >= 4 is 23.3 Å². The summed E-state index contributed by atoms with van der Waals surface area (Å²) < 4.78 is 0. The fourth-order valence-electron chi connectivity index (χ4n) is 2.64. The highest BCUT2D eigenvalue weighted by Gasteiger charge is 2.34. The number of rotatable bonds is 2. The predicted molar refractivity (Wildman–Crippen MR) is 65.1 cm³/mol. The third kappa shape index (κ3) is 1.40. The molecule has 0 spiro atoms. The van der Waals surface area contributed by atoms with E-state index in [1.54, 1.807) is 0 Å². The number of aromatic nitrogens is 1. The lowest BCUT2D eigenvalue weighted by atomic mass is 9.98. The van der Waals surface area contributed by atoms with Crippen LogP contribution in [0.1, 0.15) is 17.3 Å². The van der Waals surface area contributed by atoms with E-state index >= 15 is 0 Å². The number of hydrogen-bond donors (Lipinski definition) is 2. The van der Waals surface area contributed by atoms with E-state index in [-0.39, 0.29) is 0 Å². The Morgan fingerprint density at radius 1 is 1.44 bits per heavy atom. The Kier molecular flexibility index (Phi) is 2.33. The number of fused-ring (bicyclic) bond motifs is 3. The van der Waals surface area contributed by atoms with Gasteiger partial charge in [-0.25, -0.2) is 4.79 Å². The molecule has 3 rings (SSSR count). The summed E-state index contributed by atoms with van der Waals surface area (Å²) in [5, 5.41) is 10.3. The molecule has 1 aromatic heterocycles. The molecule has 2 heterocycles. The summed E-state index contributed by atoms with van der Waals surface area (Å²) >= 11 is 0. The number of aromatic amines is 1. The molecule has 0 saturated heterocycles. The first kappa shape index (κ1) is 10.8. The lowest BCUT2D eigenvalue weighted by Gasteiger charge is -2.29. The van der Waals surface area contributed by atoms with Gasteiger partial charge in [0, 0.05) is 17.4 Å². The maximum Gasteiger partial charge on any atom is 0.332 e. The lowest BCUT2D eigenvalue weighted by molar-refractivity contribution is -0.147. The molecule has 0 fully saturated rings. The van der Waals surface area contributed by atoms with Gasteiger partial charge in [-0.15, -0.1) is 0 Å². The number of aliphatic carboxylic acids is 1. The number of H-pyrrole nitrogens is 1. The molecule has 0 saturated carbocycles. The van der Waals surface area contributed by atoms with Crippen LogP contribution in [0.15, 0.2) is 24.3 Å². The molecule has 1 aliphatic heterocycles. The van der Waals surface area contributed by atoms with E-state index in [9.17, 15) is 14.7 Å². The van der Waals surface area contributed by atoms with E-state index in [1.807, 2.05) is 24.3 Å². The number of benzene rings is 1. The van der Waals surface area contributed by atoms with Gasteiger partial charge < -0.3 is 15.0 Å². The second kappa shape index (κ2) is 3.87. The first-order chi connectivity index (χ1) is 8.72. The fraction of sp³-hybridized carbons (Fsp3) is 0.231. The third-order valence-corrected chi connectivity index (χ3v) is 3.44. The van der Waals surface area contributed by atoms with Gasteiger partial charge in [-0.3, -0.25) is 4.79 Å². The Bertz CT molecular complexity index is 632. The van der Waals surface area contributed by atoms with Crippen molar-refractivity contribution in [3.8, 4) is 0 Å². The van der Waals surface area contributed by atoms with Crippen LogP contribution >= 0.6 is 0 Å². The molecule has 0 aliphatic carbocycles. The normalized spacial score (nSPS) is 18.7. The minimum atomic E-state index is -1.00. The number of carbonyl (C=O) groups excluding carboxylic acids is 1. The molecule has 92 valence electrons. The molecule has 5 heteroatoms. The highest BCUT2D eigenvalue weighted by Crippen LogP contribution is 2.33. The average molecular weight is 244 g/mol. The molecule has 0 radical (unpaired) electrons. The van der Waals surface area contributed by atoms with Crippen molar-refractivity contribution in [2.75, 3.05) is 6.54 Å². The van der Waals surface area contributed by atoms with Crippen molar-refractivity contribution in [3.63, 3.8) is 0 Å². The molecule has 1 atom stereocenters. The molecule has 1 unspecified atom stereocenters. The molecule has 5 nitrogen and oxygen atoms in total. The van der Waals surface area contributed by atoms with Crippen LogP contribution in [0.4, 0.5) is 0 Å². The summed E-state index contributed by atoms with van der Waals surface area (Å²) in [5.41, 5.74) is 2.56. The minimum Gasteiger partial charge on any atom is -0.479 e. The molecule has 0 bridgehead atoms. The van der Waals surface area contributed by atoms with Crippen molar-refractivity contribution in [2.24, 2.45) is 0 Å². The molecule has 1 amide bonds. The Morgan fingerprint density at radius 2 is 2.22 bits per heavy atom. The maximum atomic E-state index is 11.3. The van der Waals surface area contributed by atoms with E-state index in [2.05, 4.69) is 4.98 Å². The van der Waals surface area contributed by atoms with Crippen LogP contribution in [0.2, 0.25) is 0 Å². The number of hydrogen-bond acceptors (Lipinski definition) is 2. The molecular formula is C13H12N2O3. The van der Waals surface area contributed by atoms with Crippen molar-refractivity contribution in [2.45, 2.75) is 12.5 Å². The van der Waals surface area contributed by atoms with Crippen LogP contribution in [-0.4, -0.2) is 33.9 Å². The fourth-order valence-corrected chi connectivity index (χ4v) is 2.64. The number of amides is 1. The van der Waals surface area contributed by atoms with E-state index in [0.29, 0.717) is 25.1 Å². The molecule has 2 aromatic rings. The van der Waals surface area contributed by atoms with Crippen molar-refractivity contribution in [1.82, 2.24) is 9.88 Å². The van der Waals surface area contributed by atoms with Gasteiger partial charge in [-0.2, -0.15) is 0 Å². The van der Waals surface area contributed by atoms with E-state index in [1.165, 1.54) is 4.90 Å². The second-order valence-corrected chi connectivity index (χ2v) is 4.40. The highest BCUT2D eigenvalue weighted by molar-refractivity contribution is 5.89. The van der Waals surface area contributed by atoms with Gasteiger partial charge in [0.05, 0.1) is 5.69 Å². The summed E-state index contributed by atoms with van der Waals surface area (Å²) in [6.07, 6.45) is 1.29. The van der Waals surface area contributed by atoms with Crippen LogP contribution in [-0.2, 0) is 16.0 Å². The van der Waals surface area contributed by atoms with Crippen LogP contribution in [0.25, 0.3) is 10.9 Å². The van der Waals surface area contributed by atoms with Crippen molar-refractivity contribution < 1.29 is 14.7 Å². The van der Waals surface area contributed by atoms with Crippen LogP contribution in [0.3, 0.4) is 0 Å². The quantitative estimate of drug-likeness (QED) is 0.782. The Morgan fingerprint density at radius 3 is 2.94 bits per heavy atom. The van der Waals surface area contributed by atoms with Crippen molar-refractivity contribution in [3.05, 3.63) is 35.5 Å². The Balaban J connectivity index is 2.23.